The van der Waals surface area contributed by atoms with Crippen LogP contribution in [-0.2, 0) is 15.3 Å². The Morgan fingerprint density at radius 3 is 2.61 bits per heavy atom. The maximum Gasteiger partial charge on any atom is 0.294 e. The molecule has 2 aromatic carbocycles. The number of anilines is 2. The number of imide groups is 1. The summed E-state index contributed by atoms with van der Waals surface area (Å²) in [5.41, 5.74) is 1.71. The van der Waals surface area contributed by atoms with Gasteiger partial charge in [-0.25, -0.2) is 0 Å². The van der Waals surface area contributed by atoms with Crippen molar-refractivity contribution in [2.75, 3.05) is 22.5 Å². The molecule has 146 valence electrons. The van der Waals surface area contributed by atoms with Crippen molar-refractivity contribution in [2.24, 2.45) is 5.92 Å². The minimum absolute atomic E-state index is 0.130. The van der Waals surface area contributed by atoms with Gasteiger partial charge in [0.25, 0.3) is 5.69 Å². The molecule has 1 atom stereocenters. The van der Waals surface area contributed by atoms with E-state index in [4.69, 9.17) is 0 Å². The lowest BCUT2D eigenvalue weighted by Crippen LogP contribution is -2.30. The molecule has 0 saturated carbocycles. The zero-order chi connectivity index (χ0) is 20.1. The monoisotopic (exact) mass is 399 g/mol. The third kappa shape index (κ3) is 4.51. The quantitative estimate of drug-likeness (QED) is 0.314. The molecule has 28 heavy (non-hydrogen) atoms. The Morgan fingerprint density at radius 1 is 1.21 bits per heavy atom. The second-order valence-electron chi connectivity index (χ2n) is 6.60. The molecule has 0 aromatic heterocycles. The van der Waals surface area contributed by atoms with Gasteiger partial charge in [-0.15, -0.1) is 0 Å². The first-order valence-corrected chi connectivity index (χ1v) is 10.1. The van der Waals surface area contributed by atoms with Crippen molar-refractivity contribution in [1.29, 1.82) is 0 Å². The molecule has 1 N–H and O–H groups in total. The Hall–Kier alpha value is -2.87. The van der Waals surface area contributed by atoms with Crippen LogP contribution in [0.15, 0.2) is 48.5 Å². The van der Waals surface area contributed by atoms with Crippen LogP contribution in [0.3, 0.4) is 0 Å². The third-order valence-corrected chi connectivity index (χ3v) is 5.51. The van der Waals surface area contributed by atoms with Crippen LogP contribution in [0.2, 0.25) is 0 Å². The normalized spacial score (nSPS) is 16.5. The molecule has 1 heterocycles. The number of hydrogen-bond acceptors (Lipinski definition) is 6. The van der Waals surface area contributed by atoms with Crippen LogP contribution in [0.4, 0.5) is 17.1 Å². The van der Waals surface area contributed by atoms with Crippen LogP contribution in [0.1, 0.15) is 18.9 Å². The third-order valence-electron chi connectivity index (χ3n) is 4.48. The van der Waals surface area contributed by atoms with E-state index in [2.05, 4.69) is 17.4 Å². The van der Waals surface area contributed by atoms with E-state index in [0.29, 0.717) is 12.2 Å². The number of rotatable bonds is 8. The van der Waals surface area contributed by atoms with Crippen molar-refractivity contribution in [3.63, 3.8) is 0 Å². The summed E-state index contributed by atoms with van der Waals surface area (Å²) in [5.74, 6) is 0.614. The van der Waals surface area contributed by atoms with Crippen molar-refractivity contribution >= 4 is 40.6 Å². The number of benzene rings is 2. The van der Waals surface area contributed by atoms with E-state index in [1.54, 1.807) is 30.8 Å². The van der Waals surface area contributed by atoms with E-state index >= 15 is 0 Å². The number of nitrogens with zero attached hydrogens (tertiary/aromatic N) is 2. The first-order chi connectivity index (χ1) is 13.5. The highest BCUT2D eigenvalue weighted by molar-refractivity contribution is 7.98. The fourth-order valence-electron chi connectivity index (χ4n) is 3.04. The smallest absolute Gasteiger partial charge is 0.294 e. The second kappa shape index (κ2) is 8.88. The summed E-state index contributed by atoms with van der Waals surface area (Å²) in [6.45, 7) is 2.24. The molecule has 2 aromatic rings. The van der Waals surface area contributed by atoms with Crippen LogP contribution >= 0.6 is 11.8 Å². The Morgan fingerprint density at radius 2 is 1.96 bits per heavy atom. The van der Waals surface area contributed by atoms with Gasteiger partial charge in [-0.3, -0.25) is 24.6 Å². The number of thioether (sulfide) groups is 1. The lowest BCUT2D eigenvalue weighted by molar-refractivity contribution is -0.383. The molecule has 0 aliphatic carbocycles. The summed E-state index contributed by atoms with van der Waals surface area (Å²) in [6, 6.07) is 14.5. The van der Waals surface area contributed by atoms with Gasteiger partial charge < -0.3 is 5.32 Å². The highest BCUT2D eigenvalue weighted by Gasteiger charge is 2.37. The van der Waals surface area contributed by atoms with Crippen molar-refractivity contribution < 1.29 is 14.5 Å². The fourth-order valence-corrected chi connectivity index (χ4v) is 3.86. The molecular weight excluding hydrogens is 378 g/mol. The van der Waals surface area contributed by atoms with Gasteiger partial charge in [0.1, 0.15) is 5.69 Å². The van der Waals surface area contributed by atoms with Gasteiger partial charge in [-0.2, -0.15) is 11.8 Å². The molecule has 1 aliphatic heterocycles. The first kappa shape index (κ1) is 19.9. The topological polar surface area (TPSA) is 92.6 Å². The Labute approximate surface area is 167 Å². The van der Waals surface area contributed by atoms with Crippen molar-refractivity contribution in [1.82, 2.24) is 0 Å². The molecule has 0 bridgehead atoms. The molecule has 7 nitrogen and oxygen atoms in total. The summed E-state index contributed by atoms with van der Waals surface area (Å²) >= 11 is 1.73. The molecule has 0 unspecified atom stereocenters. The number of nitro benzene ring substituents is 1. The second-order valence-corrected chi connectivity index (χ2v) is 7.70. The summed E-state index contributed by atoms with van der Waals surface area (Å²) in [5, 5.41) is 14.5. The number of amides is 2. The number of nitro groups is 1. The van der Waals surface area contributed by atoms with Gasteiger partial charge in [0.2, 0.25) is 11.8 Å². The molecular formula is C20H21N3O4S. The number of carbonyl (C=O) groups excluding carboxylic acids is 2. The van der Waals surface area contributed by atoms with Crippen LogP contribution in [0.25, 0.3) is 0 Å². The molecule has 8 heteroatoms. The van der Waals surface area contributed by atoms with E-state index in [9.17, 15) is 19.7 Å². The minimum Gasteiger partial charge on any atom is -0.379 e. The van der Waals surface area contributed by atoms with Crippen LogP contribution < -0.4 is 10.2 Å². The maximum atomic E-state index is 12.2. The Kier molecular flexibility index (Phi) is 6.30. The molecule has 0 radical (unpaired) electrons. The van der Waals surface area contributed by atoms with Crippen molar-refractivity contribution in [3.8, 4) is 0 Å². The molecule has 3 rings (SSSR count). The van der Waals surface area contributed by atoms with Crippen molar-refractivity contribution in [2.45, 2.75) is 19.1 Å². The number of carbonyl (C=O) groups is 2. The predicted octanol–water partition coefficient (Wildman–Crippen LogP) is 3.84. The Bertz CT molecular complexity index is 888. The van der Waals surface area contributed by atoms with E-state index in [1.165, 1.54) is 11.6 Å². The summed E-state index contributed by atoms with van der Waals surface area (Å²) in [6.07, 6.45) is 0.130. The van der Waals surface area contributed by atoms with Crippen LogP contribution in [0, 0.1) is 16.0 Å². The lowest BCUT2D eigenvalue weighted by Gasteiger charge is -2.15. The number of hydrogen-bond donors (Lipinski definition) is 1. The average molecular weight is 399 g/mol. The molecule has 1 saturated heterocycles. The van der Waals surface area contributed by atoms with Gasteiger partial charge in [0.05, 0.1) is 10.6 Å². The highest BCUT2D eigenvalue weighted by Crippen LogP contribution is 2.33. The van der Waals surface area contributed by atoms with E-state index in [0.717, 1.165) is 16.4 Å². The van der Waals surface area contributed by atoms with Crippen molar-refractivity contribution in [3.05, 3.63) is 64.2 Å². The van der Waals surface area contributed by atoms with Gasteiger partial charge in [0.15, 0.2) is 0 Å². The minimum atomic E-state index is -0.503. The largest absolute Gasteiger partial charge is 0.379 e. The summed E-state index contributed by atoms with van der Waals surface area (Å²) in [4.78, 5) is 36.2. The molecule has 1 aliphatic rings. The van der Waals surface area contributed by atoms with Gasteiger partial charge in [-0.1, -0.05) is 37.3 Å². The maximum absolute atomic E-state index is 12.2. The standard InChI is InChI=1S/C20H21N3O4S/c1-14-11-19(24)22(20(14)25)16-7-8-17(18(12-16)23(26)27)21-9-10-28-13-15-5-3-2-4-6-15/h2-8,12,14,21H,9-11,13H2,1H3/t14-/m0/s1. The van der Waals surface area contributed by atoms with Gasteiger partial charge in [-0.05, 0) is 17.7 Å². The predicted molar refractivity (Wildman–Crippen MR) is 110 cm³/mol. The number of nitrogens with one attached hydrogen (secondary N) is 1. The van der Waals surface area contributed by atoms with E-state index in [1.807, 2.05) is 18.2 Å². The zero-order valence-corrected chi connectivity index (χ0v) is 16.3. The van der Waals surface area contributed by atoms with E-state index < -0.39 is 10.8 Å². The van der Waals surface area contributed by atoms with Gasteiger partial charge >= 0.3 is 0 Å². The molecule has 1 fully saturated rings. The molecule has 0 spiro atoms. The fraction of sp³-hybridized carbons (Fsp3) is 0.300. The van der Waals surface area contributed by atoms with Crippen LogP contribution in [0.5, 0.6) is 0 Å². The lowest BCUT2D eigenvalue weighted by atomic mass is 10.1. The Balaban J connectivity index is 1.62. The highest BCUT2D eigenvalue weighted by atomic mass is 32.2. The SMILES string of the molecule is C[C@H]1CC(=O)N(c2ccc(NCCSCc3ccccc3)c([N+](=O)[O-])c2)C1=O. The zero-order valence-electron chi connectivity index (χ0n) is 15.5. The average Bonchev–Trinajstić information content (AvgIpc) is 2.94. The van der Waals surface area contributed by atoms with Crippen LogP contribution in [-0.4, -0.2) is 29.0 Å². The summed E-state index contributed by atoms with van der Waals surface area (Å²) < 4.78 is 0. The summed E-state index contributed by atoms with van der Waals surface area (Å²) in [7, 11) is 0. The molecule has 2 amide bonds. The van der Waals surface area contributed by atoms with Gasteiger partial charge in [0, 0.05) is 36.5 Å². The van der Waals surface area contributed by atoms with E-state index in [-0.39, 0.29) is 29.6 Å². The first-order valence-electron chi connectivity index (χ1n) is 8.98.